The number of unbranched alkanes of at least 4 members (excludes halogenated alkanes) is 2. The van der Waals surface area contributed by atoms with Crippen LogP contribution in [0.5, 0.6) is 5.75 Å². The third kappa shape index (κ3) is 7.41. The van der Waals surface area contributed by atoms with E-state index in [2.05, 4.69) is 6.92 Å². The van der Waals surface area contributed by atoms with Crippen LogP contribution in [0.1, 0.15) is 63.0 Å². The quantitative estimate of drug-likeness (QED) is 0.129. The van der Waals surface area contributed by atoms with E-state index in [1.54, 1.807) is 41.8 Å². The summed E-state index contributed by atoms with van der Waals surface area (Å²) in [5.74, 6) is -2.66. The minimum Gasteiger partial charge on any atom is -0.462 e. The van der Waals surface area contributed by atoms with E-state index in [9.17, 15) is 24.0 Å². The molecular weight excluding hydrogens is 534 g/mol. The number of anilines is 1. The minimum atomic E-state index is -0.720. The summed E-state index contributed by atoms with van der Waals surface area (Å²) in [6.45, 7) is 2.06. The second-order valence-electron chi connectivity index (χ2n) is 9.22. The molecule has 4 rings (SSSR count). The van der Waals surface area contributed by atoms with E-state index in [1.165, 1.54) is 40.5 Å². The summed E-state index contributed by atoms with van der Waals surface area (Å²) in [7, 11) is 0. The van der Waals surface area contributed by atoms with E-state index in [1.807, 2.05) is 0 Å². The molecule has 0 radical (unpaired) electrons. The maximum atomic E-state index is 12.6. The molecule has 10 heteroatoms. The number of benzene rings is 2. The molecule has 0 N–H and O–H groups in total. The van der Waals surface area contributed by atoms with Gasteiger partial charge in [0.1, 0.15) is 10.6 Å². The Morgan fingerprint density at radius 2 is 1.62 bits per heavy atom. The predicted octanol–water partition coefficient (Wildman–Crippen LogP) is 5.09. The van der Waals surface area contributed by atoms with Gasteiger partial charge in [-0.05, 0) is 66.4 Å². The number of ether oxygens (including phenoxy) is 3. The highest BCUT2D eigenvalue weighted by Crippen LogP contribution is 2.26. The number of Topliss-reactive ketones (excluding diaryl/α,β-unsaturated/α-hetero) is 1. The first-order valence-electron chi connectivity index (χ1n) is 13.0. The van der Waals surface area contributed by atoms with Gasteiger partial charge in [0.2, 0.25) is 5.91 Å². The molecule has 40 heavy (non-hydrogen) atoms. The summed E-state index contributed by atoms with van der Waals surface area (Å²) in [5.41, 5.74) is 1.23. The van der Waals surface area contributed by atoms with Crippen molar-refractivity contribution in [2.45, 2.75) is 32.6 Å². The van der Waals surface area contributed by atoms with E-state index in [-0.39, 0.29) is 30.2 Å². The molecule has 0 bridgehead atoms. The predicted molar refractivity (Wildman–Crippen MR) is 148 cm³/mol. The Labute approximate surface area is 235 Å². The van der Waals surface area contributed by atoms with Gasteiger partial charge in [0.25, 0.3) is 0 Å². The summed E-state index contributed by atoms with van der Waals surface area (Å²) in [4.78, 5) is 63.8. The first-order valence-corrected chi connectivity index (χ1v) is 13.9. The van der Waals surface area contributed by atoms with E-state index in [0.717, 1.165) is 19.3 Å². The minimum absolute atomic E-state index is 0.0431. The SMILES string of the molecule is CCCCCOC(=O)c1ccc(N2C[C@H](C(=O)OCC(=O)c3ccc(OC(=O)c4cccs4)cc3)CC2=O)cc1. The Hall–Kier alpha value is -4.31. The molecule has 0 saturated carbocycles. The number of hydrogen-bond acceptors (Lipinski definition) is 9. The molecule has 2 aromatic carbocycles. The molecule has 9 nitrogen and oxygen atoms in total. The number of carbonyl (C=O) groups excluding carboxylic acids is 5. The highest BCUT2D eigenvalue weighted by molar-refractivity contribution is 7.12. The summed E-state index contributed by atoms with van der Waals surface area (Å²) in [5, 5.41) is 1.77. The monoisotopic (exact) mass is 563 g/mol. The van der Waals surface area contributed by atoms with Gasteiger partial charge in [0, 0.05) is 24.2 Å². The maximum Gasteiger partial charge on any atom is 0.353 e. The lowest BCUT2D eigenvalue weighted by molar-refractivity contribution is -0.147. The van der Waals surface area contributed by atoms with Crippen LogP contribution < -0.4 is 9.64 Å². The third-order valence-electron chi connectivity index (χ3n) is 6.31. The molecule has 1 fully saturated rings. The fourth-order valence-electron chi connectivity index (χ4n) is 4.09. The standard InChI is InChI=1S/C30H29NO8S/c1-2-3-4-15-37-28(34)21-7-11-23(12-8-21)31-18-22(17-27(31)33)29(35)38-19-25(32)20-9-13-24(14-10-20)39-30(36)26-6-5-16-40-26/h5-14,16,22H,2-4,15,17-19H2,1H3/t22-/m1/s1. The average molecular weight is 564 g/mol. The number of amides is 1. The first kappa shape index (κ1) is 28.7. The summed E-state index contributed by atoms with van der Waals surface area (Å²) >= 11 is 1.26. The molecule has 2 heterocycles. The van der Waals surface area contributed by atoms with Gasteiger partial charge in [-0.1, -0.05) is 25.8 Å². The van der Waals surface area contributed by atoms with E-state index in [0.29, 0.717) is 22.7 Å². The van der Waals surface area contributed by atoms with Crippen molar-refractivity contribution in [3.63, 3.8) is 0 Å². The van der Waals surface area contributed by atoms with Crippen molar-refractivity contribution >= 4 is 46.6 Å². The number of ketones is 1. The zero-order chi connectivity index (χ0) is 28.5. The van der Waals surface area contributed by atoms with Crippen LogP contribution in [0, 0.1) is 5.92 Å². The van der Waals surface area contributed by atoms with Gasteiger partial charge in [0.15, 0.2) is 12.4 Å². The maximum absolute atomic E-state index is 12.6. The van der Waals surface area contributed by atoms with Gasteiger partial charge >= 0.3 is 17.9 Å². The molecule has 0 unspecified atom stereocenters. The highest BCUT2D eigenvalue weighted by atomic mass is 32.1. The van der Waals surface area contributed by atoms with Gasteiger partial charge in [-0.15, -0.1) is 11.3 Å². The Bertz CT molecular complexity index is 1350. The Morgan fingerprint density at radius 3 is 2.30 bits per heavy atom. The topological polar surface area (TPSA) is 116 Å². The number of rotatable bonds is 12. The molecule has 208 valence electrons. The number of thiophene rings is 1. The third-order valence-corrected chi connectivity index (χ3v) is 7.16. The van der Waals surface area contributed by atoms with Gasteiger partial charge < -0.3 is 19.1 Å². The second-order valence-corrected chi connectivity index (χ2v) is 10.2. The number of hydrogen-bond donors (Lipinski definition) is 0. The van der Waals surface area contributed by atoms with Crippen LogP contribution in [0.4, 0.5) is 5.69 Å². The van der Waals surface area contributed by atoms with E-state index < -0.39 is 36.2 Å². The molecule has 1 atom stereocenters. The molecule has 1 aromatic heterocycles. The van der Waals surface area contributed by atoms with Crippen molar-refractivity contribution in [2.75, 3.05) is 24.7 Å². The largest absolute Gasteiger partial charge is 0.462 e. The second kappa shape index (κ2) is 13.7. The van der Waals surface area contributed by atoms with E-state index in [4.69, 9.17) is 14.2 Å². The zero-order valence-corrected chi connectivity index (χ0v) is 22.8. The van der Waals surface area contributed by atoms with Crippen molar-refractivity contribution in [1.82, 2.24) is 0 Å². The van der Waals surface area contributed by atoms with Crippen LogP contribution in [-0.2, 0) is 19.1 Å². The molecule has 0 spiro atoms. The smallest absolute Gasteiger partial charge is 0.353 e. The Kier molecular flexibility index (Phi) is 9.80. The average Bonchev–Trinajstić information content (AvgIpc) is 3.65. The van der Waals surface area contributed by atoms with Gasteiger partial charge in [0.05, 0.1) is 18.1 Å². The Morgan fingerprint density at radius 1 is 0.900 bits per heavy atom. The van der Waals surface area contributed by atoms with Crippen molar-refractivity contribution < 1.29 is 38.2 Å². The highest BCUT2D eigenvalue weighted by Gasteiger charge is 2.36. The zero-order valence-electron chi connectivity index (χ0n) is 22.0. The van der Waals surface area contributed by atoms with Crippen LogP contribution in [0.25, 0.3) is 0 Å². The van der Waals surface area contributed by atoms with Crippen molar-refractivity contribution in [3.8, 4) is 5.75 Å². The molecule has 0 aliphatic carbocycles. The summed E-state index contributed by atoms with van der Waals surface area (Å²) in [6, 6.07) is 15.8. The van der Waals surface area contributed by atoms with Crippen molar-refractivity contribution in [3.05, 3.63) is 82.0 Å². The fraction of sp³-hybridized carbons (Fsp3) is 0.300. The molecular formula is C30H29NO8S. The molecule has 3 aromatic rings. The van der Waals surface area contributed by atoms with Gasteiger partial charge in [-0.3, -0.25) is 14.4 Å². The van der Waals surface area contributed by atoms with Crippen LogP contribution in [0.15, 0.2) is 66.0 Å². The molecule has 1 aliphatic rings. The number of esters is 3. The van der Waals surface area contributed by atoms with Crippen molar-refractivity contribution in [1.29, 1.82) is 0 Å². The lowest BCUT2D eigenvalue weighted by Crippen LogP contribution is -2.27. The lowest BCUT2D eigenvalue weighted by Gasteiger charge is -2.17. The molecule has 1 amide bonds. The van der Waals surface area contributed by atoms with Crippen LogP contribution in [-0.4, -0.2) is 49.4 Å². The number of carbonyl (C=O) groups is 5. The molecule has 1 saturated heterocycles. The van der Waals surface area contributed by atoms with Crippen LogP contribution in [0.2, 0.25) is 0 Å². The molecule has 1 aliphatic heterocycles. The van der Waals surface area contributed by atoms with E-state index >= 15 is 0 Å². The first-order chi connectivity index (χ1) is 19.4. The normalized spacial score (nSPS) is 14.6. The van der Waals surface area contributed by atoms with Crippen LogP contribution in [0.3, 0.4) is 0 Å². The Balaban J connectivity index is 1.24. The lowest BCUT2D eigenvalue weighted by atomic mass is 10.1. The van der Waals surface area contributed by atoms with Crippen molar-refractivity contribution in [2.24, 2.45) is 5.92 Å². The summed E-state index contributed by atoms with van der Waals surface area (Å²) in [6.07, 6.45) is 2.79. The van der Waals surface area contributed by atoms with Gasteiger partial charge in [-0.2, -0.15) is 0 Å². The number of nitrogens with zero attached hydrogens (tertiary/aromatic N) is 1. The fourth-order valence-corrected chi connectivity index (χ4v) is 4.69. The summed E-state index contributed by atoms with van der Waals surface area (Å²) < 4.78 is 15.7. The van der Waals surface area contributed by atoms with Crippen LogP contribution >= 0.6 is 11.3 Å². The van der Waals surface area contributed by atoms with Gasteiger partial charge in [-0.25, -0.2) is 9.59 Å².